The average Bonchev–Trinajstić information content (AvgIpc) is 2.37. The molecule has 4 heteroatoms. The molecule has 1 aromatic carbocycles. The van der Waals surface area contributed by atoms with Crippen molar-refractivity contribution < 1.29 is 4.79 Å². The van der Waals surface area contributed by atoms with Crippen molar-refractivity contribution in [1.82, 2.24) is 4.90 Å². The fourth-order valence-corrected chi connectivity index (χ4v) is 2.77. The third-order valence-corrected chi connectivity index (χ3v) is 5.02. The lowest BCUT2D eigenvalue weighted by Gasteiger charge is -2.27. The van der Waals surface area contributed by atoms with Crippen molar-refractivity contribution in [3.63, 3.8) is 0 Å². The zero-order chi connectivity index (χ0) is 13.3. The van der Waals surface area contributed by atoms with Crippen LogP contribution in [0, 0.1) is 5.92 Å². The Bertz CT molecular complexity index is 461. The molecule has 2 amide bonds. The van der Waals surface area contributed by atoms with Gasteiger partial charge in [0.05, 0.1) is 0 Å². The molecule has 98 valence electrons. The standard InChI is InChI=1S/C14H19BrN2O/c1-4-9(2)13(15)10-5-6-12-11(7-10)8-17(3)14(18)16-12/h5-7,9,13H,4,8H2,1-3H3,(H,16,18). The number of amides is 2. The number of urea groups is 1. The minimum Gasteiger partial charge on any atom is -0.323 e. The van der Waals surface area contributed by atoms with Gasteiger partial charge in [0, 0.05) is 24.1 Å². The van der Waals surface area contributed by atoms with Crippen LogP contribution in [0.1, 0.15) is 36.2 Å². The van der Waals surface area contributed by atoms with E-state index in [1.165, 1.54) is 11.1 Å². The Morgan fingerprint density at radius 1 is 1.50 bits per heavy atom. The van der Waals surface area contributed by atoms with E-state index in [0.29, 0.717) is 17.3 Å². The molecule has 1 N–H and O–H groups in total. The highest BCUT2D eigenvalue weighted by Crippen LogP contribution is 2.35. The van der Waals surface area contributed by atoms with Gasteiger partial charge in [0.15, 0.2) is 0 Å². The van der Waals surface area contributed by atoms with E-state index in [2.05, 4.69) is 47.2 Å². The van der Waals surface area contributed by atoms with Crippen LogP contribution in [0.4, 0.5) is 10.5 Å². The molecule has 18 heavy (non-hydrogen) atoms. The quantitative estimate of drug-likeness (QED) is 0.836. The van der Waals surface area contributed by atoms with Crippen LogP contribution in [0.3, 0.4) is 0 Å². The summed E-state index contributed by atoms with van der Waals surface area (Å²) in [6.07, 6.45) is 1.14. The molecular weight excluding hydrogens is 292 g/mol. The summed E-state index contributed by atoms with van der Waals surface area (Å²) < 4.78 is 0. The summed E-state index contributed by atoms with van der Waals surface area (Å²) in [6, 6.07) is 6.26. The maximum atomic E-state index is 11.5. The summed E-state index contributed by atoms with van der Waals surface area (Å²) >= 11 is 3.77. The molecule has 1 heterocycles. The summed E-state index contributed by atoms with van der Waals surface area (Å²) in [7, 11) is 1.81. The summed E-state index contributed by atoms with van der Waals surface area (Å²) in [5.74, 6) is 0.596. The number of anilines is 1. The number of nitrogens with zero attached hydrogens (tertiary/aromatic N) is 1. The lowest BCUT2D eigenvalue weighted by atomic mass is 9.96. The molecule has 0 saturated carbocycles. The van der Waals surface area contributed by atoms with E-state index in [9.17, 15) is 4.79 Å². The van der Waals surface area contributed by atoms with Crippen molar-refractivity contribution in [3.8, 4) is 0 Å². The Hall–Kier alpha value is -1.03. The normalized spacial score (nSPS) is 18.0. The van der Waals surface area contributed by atoms with Crippen LogP contribution in [0.15, 0.2) is 18.2 Å². The maximum Gasteiger partial charge on any atom is 0.321 e. The number of halogens is 1. The molecule has 0 spiro atoms. The van der Waals surface area contributed by atoms with Gasteiger partial charge in [-0.1, -0.05) is 48.3 Å². The predicted octanol–water partition coefficient (Wildman–Crippen LogP) is 4.15. The summed E-state index contributed by atoms with van der Waals surface area (Å²) in [6.45, 7) is 5.12. The Kier molecular flexibility index (Phi) is 3.95. The van der Waals surface area contributed by atoms with Gasteiger partial charge in [-0.15, -0.1) is 0 Å². The monoisotopic (exact) mass is 310 g/mol. The lowest BCUT2D eigenvalue weighted by Crippen LogP contribution is -2.35. The number of rotatable bonds is 3. The average molecular weight is 311 g/mol. The molecular formula is C14H19BrN2O. The van der Waals surface area contributed by atoms with Gasteiger partial charge >= 0.3 is 6.03 Å². The molecule has 0 saturated heterocycles. The summed E-state index contributed by atoms with van der Waals surface area (Å²) in [4.78, 5) is 13.6. The molecule has 1 aromatic rings. The molecule has 1 aliphatic heterocycles. The fraction of sp³-hybridized carbons (Fsp3) is 0.500. The van der Waals surface area contributed by atoms with Crippen LogP contribution in [0.25, 0.3) is 0 Å². The van der Waals surface area contributed by atoms with Crippen LogP contribution < -0.4 is 5.32 Å². The van der Waals surface area contributed by atoms with Crippen molar-refractivity contribution >= 4 is 27.6 Å². The molecule has 0 bridgehead atoms. The molecule has 2 rings (SSSR count). The van der Waals surface area contributed by atoms with Gasteiger partial charge in [0.25, 0.3) is 0 Å². The van der Waals surface area contributed by atoms with Crippen molar-refractivity contribution in [2.45, 2.75) is 31.6 Å². The van der Waals surface area contributed by atoms with Crippen molar-refractivity contribution in [3.05, 3.63) is 29.3 Å². The van der Waals surface area contributed by atoms with Gasteiger partial charge in [0.1, 0.15) is 0 Å². The van der Waals surface area contributed by atoms with E-state index in [1.807, 2.05) is 13.1 Å². The second-order valence-electron chi connectivity index (χ2n) is 4.99. The number of benzene rings is 1. The minimum absolute atomic E-state index is 0.0347. The van der Waals surface area contributed by atoms with Crippen molar-refractivity contribution in [1.29, 1.82) is 0 Å². The molecule has 2 atom stereocenters. The van der Waals surface area contributed by atoms with E-state index >= 15 is 0 Å². The Morgan fingerprint density at radius 2 is 2.22 bits per heavy atom. The van der Waals surface area contributed by atoms with Gasteiger partial charge in [-0.2, -0.15) is 0 Å². The van der Waals surface area contributed by atoms with Gasteiger partial charge in [-0.25, -0.2) is 4.79 Å². The topological polar surface area (TPSA) is 32.3 Å². The SMILES string of the molecule is CCC(C)C(Br)c1ccc2c(c1)CN(C)C(=O)N2. The highest BCUT2D eigenvalue weighted by Gasteiger charge is 2.21. The first-order chi connectivity index (χ1) is 8.52. The second kappa shape index (κ2) is 5.31. The van der Waals surface area contributed by atoms with Gasteiger partial charge in [-0.3, -0.25) is 0 Å². The number of fused-ring (bicyclic) bond motifs is 1. The van der Waals surface area contributed by atoms with Gasteiger partial charge < -0.3 is 10.2 Å². The number of carbonyl (C=O) groups is 1. The molecule has 2 unspecified atom stereocenters. The Labute approximate surface area is 117 Å². The number of hydrogen-bond acceptors (Lipinski definition) is 1. The zero-order valence-electron chi connectivity index (χ0n) is 11.0. The number of carbonyl (C=O) groups excluding carboxylic acids is 1. The van der Waals surface area contributed by atoms with E-state index in [1.54, 1.807) is 4.90 Å². The van der Waals surface area contributed by atoms with E-state index < -0.39 is 0 Å². The van der Waals surface area contributed by atoms with Crippen molar-refractivity contribution in [2.75, 3.05) is 12.4 Å². The molecule has 0 radical (unpaired) electrons. The summed E-state index contributed by atoms with van der Waals surface area (Å²) in [5.41, 5.74) is 3.40. The largest absolute Gasteiger partial charge is 0.323 e. The highest BCUT2D eigenvalue weighted by molar-refractivity contribution is 9.09. The first kappa shape index (κ1) is 13.4. The molecule has 3 nitrogen and oxygen atoms in total. The molecule has 0 aliphatic carbocycles. The van der Waals surface area contributed by atoms with Gasteiger partial charge in [0.2, 0.25) is 0 Å². The smallest absolute Gasteiger partial charge is 0.321 e. The van der Waals surface area contributed by atoms with Gasteiger partial charge in [-0.05, 0) is 23.1 Å². The third kappa shape index (κ3) is 2.53. The Morgan fingerprint density at radius 3 is 2.89 bits per heavy atom. The minimum atomic E-state index is -0.0347. The second-order valence-corrected chi connectivity index (χ2v) is 5.98. The molecule has 1 aliphatic rings. The zero-order valence-corrected chi connectivity index (χ0v) is 12.6. The number of hydrogen-bond donors (Lipinski definition) is 1. The van der Waals surface area contributed by atoms with Crippen LogP contribution in [-0.4, -0.2) is 18.0 Å². The predicted molar refractivity (Wildman–Crippen MR) is 78.1 cm³/mol. The van der Waals surface area contributed by atoms with Crippen LogP contribution in [0.2, 0.25) is 0 Å². The lowest BCUT2D eigenvalue weighted by molar-refractivity contribution is 0.218. The fourth-order valence-electron chi connectivity index (χ4n) is 2.11. The first-order valence-corrected chi connectivity index (χ1v) is 7.23. The number of alkyl halides is 1. The first-order valence-electron chi connectivity index (χ1n) is 6.32. The van der Waals surface area contributed by atoms with E-state index in [4.69, 9.17) is 0 Å². The maximum absolute atomic E-state index is 11.5. The molecule has 0 fully saturated rings. The van der Waals surface area contributed by atoms with Crippen LogP contribution in [-0.2, 0) is 6.54 Å². The van der Waals surface area contributed by atoms with E-state index in [0.717, 1.165) is 12.1 Å². The van der Waals surface area contributed by atoms with Crippen LogP contribution >= 0.6 is 15.9 Å². The van der Waals surface area contributed by atoms with Crippen LogP contribution in [0.5, 0.6) is 0 Å². The summed E-state index contributed by atoms with van der Waals surface area (Å²) in [5, 5.41) is 2.89. The molecule has 0 aromatic heterocycles. The van der Waals surface area contributed by atoms with Crippen molar-refractivity contribution in [2.24, 2.45) is 5.92 Å². The Balaban J connectivity index is 2.27. The number of nitrogens with one attached hydrogen (secondary N) is 1. The van der Waals surface area contributed by atoms with E-state index in [-0.39, 0.29) is 6.03 Å². The third-order valence-electron chi connectivity index (χ3n) is 3.59. The highest BCUT2D eigenvalue weighted by atomic mass is 79.9.